The zero-order valence-corrected chi connectivity index (χ0v) is 12.3. The second kappa shape index (κ2) is 7.09. The first-order valence-corrected chi connectivity index (χ1v) is 6.87. The summed E-state index contributed by atoms with van der Waals surface area (Å²) in [5.74, 6) is 1.13. The normalized spacial score (nSPS) is 12.0. The lowest BCUT2D eigenvalue weighted by molar-refractivity contribution is 0.354. The molecule has 2 aromatic rings. The fraction of sp³-hybridized carbons (Fsp3) is 0.294. The van der Waals surface area contributed by atoms with E-state index in [0.717, 1.165) is 17.5 Å². The fourth-order valence-corrected chi connectivity index (χ4v) is 2.49. The Morgan fingerprint density at radius 1 is 1.00 bits per heavy atom. The summed E-state index contributed by atoms with van der Waals surface area (Å²) in [5, 5.41) is 0. The Bertz CT molecular complexity index is 601. The number of rotatable bonds is 6. The van der Waals surface area contributed by atoms with Crippen LogP contribution in [-0.4, -0.2) is 20.8 Å². The van der Waals surface area contributed by atoms with Crippen LogP contribution in [0.4, 0.5) is 4.39 Å². The van der Waals surface area contributed by atoms with Gasteiger partial charge in [0, 0.05) is 5.92 Å². The molecule has 0 aliphatic rings. The average molecular weight is 289 g/mol. The molecule has 0 aliphatic heterocycles. The van der Waals surface area contributed by atoms with Gasteiger partial charge >= 0.3 is 0 Å². The van der Waals surface area contributed by atoms with Gasteiger partial charge in [-0.2, -0.15) is 0 Å². The molecule has 0 aromatic heterocycles. The van der Waals surface area contributed by atoms with Gasteiger partial charge in [0.15, 0.2) is 11.5 Å². The number of halogens is 1. The molecule has 21 heavy (non-hydrogen) atoms. The maximum atomic E-state index is 13.5. The minimum absolute atomic E-state index is 0.0329. The maximum absolute atomic E-state index is 13.5. The van der Waals surface area contributed by atoms with Crippen molar-refractivity contribution < 1.29 is 13.9 Å². The van der Waals surface area contributed by atoms with E-state index in [0.29, 0.717) is 18.0 Å². The minimum Gasteiger partial charge on any atom is -0.493 e. The van der Waals surface area contributed by atoms with Crippen LogP contribution in [0.15, 0.2) is 42.5 Å². The number of hydrogen-bond donors (Lipinski definition) is 1. The molecule has 1 unspecified atom stereocenters. The number of benzene rings is 2. The Balaban J connectivity index is 2.43. The SMILES string of the molecule is COc1ccc(C(CCN)c2cccc(F)c2)cc1OC. The molecule has 112 valence electrons. The molecule has 2 rings (SSSR count). The average Bonchev–Trinajstić information content (AvgIpc) is 2.52. The van der Waals surface area contributed by atoms with Gasteiger partial charge in [-0.05, 0) is 48.4 Å². The van der Waals surface area contributed by atoms with Crippen molar-refractivity contribution >= 4 is 0 Å². The highest BCUT2D eigenvalue weighted by molar-refractivity contribution is 5.46. The number of methoxy groups -OCH3 is 2. The molecular formula is C17H20FNO2. The predicted octanol–water partition coefficient (Wildman–Crippen LogP) is 3.32. The van der Waals surface area contributed by atoms with Crippen LogP contribution < -0.4 is 15.2 Å². The van der Waals surface area contributed by atoms with Crippen molar-refractivity contribution in [3.63, 3.8) is 0 Å². The first-order valence-electron chi connectivity index (χ1n) is 6.87. The van der Waals surface area contributed by atoms with E-state index in [4.69, 9.17) is 15.2 Å². The zero-order valence-electron chi connectivity index (χ0n) is 12.3. The van der Waals surface area contributed by atoms with E-state index >= 15 is 0 Å². The smallest absolute Gasteiger partial charge is 0.161 e. The third-order valence-corrected chi connectivity index (χ3v) is 3.52. The van der Waals surface area contributed by atoms with Crippen molar-refractivity contribution in [2.75, 3.05) is 20.8 Å². The highest BCUT2D eigenvalue weighted by atomic mass is 19.1. The molecule has 3 nitrogen and oxygen atoms in total. The van der Waals surface area contributed by atoms with E-state index in [-0.39, 0.29) is 11.7 Å². The lowest BCUT2D eigenvalue weighted by Crippen LogP contribution is -2.09. The lowest BCUT2D eigenvalue weighted by atomic mass is 9.88. The molecule has 2 N–H and O–H groups in total. The van der Waals surface area contributed by atoms with Crippen LogP contribution in [0.5, 0.6) is 11.5 Å². The molecule has 0 fully saturated rings. The summed E-state index contributed by atoms with van der Waals surface area (Å²) in [6, 6.07) is 12.4. The van der Waals surface area contributed by atoms with Crippen LogP contribution in [0.3, 0.4) is 0 Å². The van der Waals surface area contributed by atoms with Crippen molar-refractivity contribution in [2.45, 2.75) is 12.3 Å². The fourth-order valence-electron chi connectivity index (χ4n) is 2.49. The third kappa shape index (κ3) is 3.52. The van der Waals surface area contributed by atoms with E-state index in [1.165, 1.54) is 6.07 Å². The second-order valence-electron chi connectivity index (χ2n) is 4.80. The van der Waals surface area contributed by atoms with Crippen LogP contribution >= 0.6 is 0 Å². The van der Waals surface area contributed by atoms with E-state index in [1.54, 1.807) is 26.4 Å². The summed E-state index contributed by atoms with van der Waals surface area (Å²) in [7, 11) is 3.20. The molecule has 0 saturated carbocycles. The Kier molecular flexibility index (Phi) is 5.17. The molecule has 4 heteroatoms. The van der Waals surface area contributed by atoms with Gasteiger partial charge in [0.1, 0.15) is 5.82 Å². The van der Waals surface area contributed by atoms with E-state index in [2.05, 4.69) is 0 Å². The monoisotopic (exact) mass is 289 g/mol. The van der Waals surface area contributed by atoms with Gasteiger partial charge in [-0.3, -0.25) is 0 Å². The minimum atomic E-state index is -0.241. The van der Waals surface area contributed by atoms with Gasteiger partial charge in [0.25, 0.3) is 0 Å². The summed E-state index contributed by atoms with van der Waals surface area (Å²) < 4.78 is 24.1. The summed E-state index contributed by atoms with van der Waals surface area (Å²) in [5.41, 5.74) is 7.66. The molecule has 0 heterocycles. The molecule has 0 radical (unpaired) electrons. The first kappa shape index (κ1) is 15.3. The Morgan fingerprint density at radius 2 is 1.71 bits per heavy atom. The van der Waals surface area contributed by atoms with Crippen LogP contribution in [-0.2, 0) is 0 Å². The standard InChI is InChI=1S/C17H20FNO2/c1-20-16-7-6-13(11-17(16)21-2)15(8-9-19)12-4-3-5-14(18)10-12/h3-7,10-11,15H,8-9,19H2,1-2H3. The summed E-state index contributed by atoms with van der Waals surface area (Å²) in [6.07, 6.45) is 0.735. The van der Waals surface area contributed by atoms with Crippen LogP contribution in [0.25, 0.3) is 0 Å². The number of hydrogen-bond acceptors (Lipinski definition) is 3. The third-order valence-electron chi connectivity index (χ3n) is 3.52. The maximum Gasteiger partial charge on any atom is 0.161 e. The molecule has 0 amide bonds. The molecule has 0 spiro atoms. The molecule has 0 bridgehead atoms. The molecule has 1 atom stereocenters. The topological polar surface area (TPSA) is 44.5 Å². The van der Waals surface area contributed by atoms with Crippen molar-refractivity contribution in [1.29, 1.82) is 0 Å². The van der Waals surface area contributed by atoms with Crippen LogP contribution in [0.2, 0.25) is 0 Å². The van der Waals surface area contributed by atoms with E-state index < -0.39 is 0 Å². The van der Waals surface area contributed by atoms with Gasteiger partial charge in [-0.15, -0.1) is 0 Å². The van der Waals surface area contributed by atoms with Crippen molar-refractivity contribution in [3.05, 3.63) is 59.4 Å². The molecule has 0 saturated heterocycles. The van der Waals surface area contributed by atoms with E-state index in [9.17, 15) is 4.39 Å². The van der Waals surface area contributed by atoms with Gasteiger partial charge < -0.3 is 15.2 Å². The van der Waals surface area contributed by atoms with Crippen molar-refractivity contribution in [1.82, 2.24) is 0 Å². The summed E-state index contributed by atoms with van der Waals surface area (Å²) in [6.45, 7) is 0.523. The Hall–Kier alpha value is -2.07. The Labute approximate surface area is 124 Å². The summed E-state index contributed by atoms with van der Waals surface area (Å²) in [4.78, 5) is 0. The largest absolute Gasteiger partial charge is 0.493 e. The highest BCUT2D eigenvalue weighted by Crippen LogP contribution is 2.34. The van der Waals surface area contributed by atoms with Gasteiger partial charge in [0.05, 0.1) is 14.2 Å². The predicted molar refractivity (Wildman–Crippen MR) is 81.5 cm³/mol. The highest BCUT2D eigenvalue weighted by Gasteiger charge is 2.16. The molecule has 0 aliphatic carbocycles. The molecule has 2 aromatic carbocycles. The van der Waals surface area contributed by atoms with E-state index in [1.807, 2.05) is 24.3 Å². The van der Waals surface area contributed by atoms with Gasteiger partial charge in [-0.1, -0.05) is 18.2 Å². The molecular weight excluding hydrogens is 269 g/mol. The van der Waals surface area contributed by atoms with Gasteiger partial charge in [0.2, 0.25) is 0 Å². The zero-order chi connectivity index (χ0) is 15.2. The van der Waals surface area contributed by atoms with Crippen LogP contribution in [0.1, 0.15) is 23.5 Å². The van der Waals surface area contributed by atoms with Crippen molar-refractivity contribution in [3.8, 4) is 11.5 Å². The first-order chi connectivity index (χ1) is 10.2. The quantitative estimate of drug-likeness (QED) is 0.887. The van der Waals surface area contributed by atoms with Gasteiger partial charge in [-0.25, -0.2) is 4.39 Å². The summed E-state index contributed by atoms with van der Waals surface area (Å²) >= 11 is 0. The Morgan fingerprint density at radius 3 is 2.33 bits per heavy atom. The second-order valence-corrected chi connectivity index (χ2v) is 4.80. The van der Waals surface area contributed by atoms with Crippen LogP contribution in [0, 0.1) is 5.82 Å². The van der Waals surface area contributed by atoms with Crippen molar-refractivity contribution in [2.24, 2.45) is 5.73 Å². The number of nitrogens with two attached hydrogens (primary N) is 1. The number of ether oxygens (including phenoxy) is 2. The lowest BCUT2D eigenvalue weighted by Gasteiger charge is -2.19.